The van der Waals surface area contributed by atoms with Crippen LogP contribution in [0, 0.1) is 0 Å². The van der Waals surface area contributed by atoms with Crippen molar-refractivity contribution in [1.29, 1.82) is 0 Å². The molecule has 1 aliphatic rings. The van der Waals surface area contributed by atoms with Crippen molar-refractivity contribution >= 4 is 15.9 Å². The van der Waals surface area contributed by atoms with E-state index in [1.807, 2.05) is 30.3 Å². The molecule has 1 saturated heterocycles. The monoisotopic (exact) mass is 493 g/mol. The summed E-state index contributed by atoms with van der Waals surface area (Å²) in [5.74, 6) is 0.909. The van der Waals surface area contributed by atoms with Crippen LogP contribution in [0.5, 0.6) is 0 Å². The molecular formula is C23H22F3N3O4S. The third-order valence-corrected chi connectivity index (χ3v) is 7.49. The number of sulfonamides is 1. The van der Waals surface area contributed by atoms with Crippen molar-refractivity contribution in [2.75, 3.05) is 26.2 Å². The van der Waals surface area contributed by atoms with Crippen LogP contribution in [0.2, 0.25) is 0 Å². The maximum absolute atomic E-state index is 12.8. The molecule has 3 aromatic rings. The van der Waals surface area contributed by atoms with Crippen LogP contribution in [0.3, 0.4) is 0 Å². The van der Waals surface area contributed by atoms with E-state index in [9.17, 15) is 26.4 Å². The van der Waals surface area contributed by atoms with Crippen molar-refractivity contribution in [3.8, 4) is 11.3 Å². The standard InChI is InChI=1S/C23H22F3N3O4S/c24-23(25,26)18-6-8-19(9-7-18)34(31,32)29-14-12-28(13-15-29)22(30)11-10-21-27-16-20(33-21)17-4-2-1-3-5-17/h1-9,16H,10-15H2. The number of nitrogens with zero attached hydrogens (tertiary/aromatic N) is 3. The maximum Gasteiger partial charge on any atom is 0.416 e. The van der Waals surface area contributed by atoms with E-state index < -0.39 is 21.8 Å². The predicted molar refractivity (Wildman–Crippen MR) is 117 cm³/mol. The quantitative estimate of drug-likeness (QED) is 0.521. The molecule has 1 aliphatic heterocycles. The fourth-order valence-electron chi connectivity index (χ4n) is 3.68. The molecule has 0 bridgehead atoms. The Bertz CT molecular complexity index is 1230. The molecule has 0 atom stereocenters. The fraction of sp³-hybridized carbons (Fsp3) is 0.304. The summed E-state index contributed by atoms with van der Waals surface area (Å²) in [6.45, 7) is 0.512. The number of oxazole rings is 1. The lowest BCUT2D eigenvalue weighted by Gasteiger charge is -2.34. The molecule has 0 radical (unpaired) electrons. The van der Waals surface area contributed by atoms with Gasteiger partial charge < -0.3 is 9.32 Å². The molecule has 11 heteroatoms. The minimum Gasteiger partial charge on any atom is -0.441 e. The van der Waals surface area contributed by atoms with Crippen LogP contribution in [0.4, 0.5) is 13.2 Å². The first-order valence-corrected chi connectivity index (χ1v) is 12.0. The highest BCUT2D eigenvalue weighted by molar-refractivity contribution is 7.89. The van der Waals surface area contributed by atoms with Gasteiger partial charge in [-0.15, -0.1) is 0 Å². The summed E-state index contributed by atoms with van der Waals surface area (Å²) in [7, 11) is -3.95. The SMILES string of the molecule is O=C(CCc1ncc(-c2ccccc2)o1)N1CCN(S(=O)(=O)c2ccc(C(F)(F)F)cc2)CC1. The first kappa shape index (κ1) is 24.0. The molecule has 180 valence electrons. The number of halogens is 3. The van der Waals surface area contributed by atoms with Gasteiger partial charge in [-0.25, -0.2) is 13.4 Å². The van der Waals surface area contributed by atoms with Gasteiger partial charge in [-0.2, -0.15) is 17.5 Å². The van der Waals surface area contributed by atoms with Gasteiger partial charge in [0.25, 0.3) is 0 Å². The number of carbonyl (C=O) groups is 1. The summed E-state index contributed by atoms with van der Waals surface area (Å²) in [6.07, 6.45) is -2.45. The van der Waals surface area contributed by atoms with Gasteiger partial charge >= 0.3 is 6.18 Å². The van der Waals surface area contributed by atoms with E-state index >= 15 is 0 Å². The van der Waals surface area contributed by atoms with Gasteiger partial charge in [0.2, 0.25) is 15.9 Å². The topological polar surface area (TPSA) is 83.7 Å². The van der Waals surface area contributed by atoms with E-state index in [4.69, 9.17) is 4.42 Å². The highest BCUT2D eigenvalue weighted by atomic mass is 32.2. The molecule has 0 saturated carbocycles. The molecule has 0 unspecified atom stereocenters. The van der Waals surface area contributed by atoms with Crippen LogP contribution in [0.15, 0.2) is 70.1 Å². The Morgan fingerprint density at radius 3 is 2.24 bits per heavy atom. The Morgan fingerprint density at radius 1 is 0.971 bits per heavy atom. The van der Waals surface area contributed by atoms with Gasteiger partial charge in [0.15, 0.2) is 11.7 Å². The van der Waals surface area contributed by atoms with Gasteiger partial charge in [0.1, 0.15) is 0 Å². The van der Waals surface area contributed by atoms with E-state index in [-0.39, 0.29) is 43.4 Å². The van der Waals surface area contributed by atoms with Crippen LogP contribution in [0.25, 0.3) is 11.3 Å². The number of rotatable bonds is 6. The van der Waals surface area contributed by atoms with Gasteiger partial charge in [0.05, 0.1) is 16.7 Å². The number of aryl methyl sites for hydroxylation is 1. The highest BCUT2D eigenvalue weighted by Crippen LogP contribution is 2.30. The number of aromatic nitrogens is 1. The third-order valence-electron chi connectivity index (χ3n) is 5.58. The molecule has 7 nitrogen and oxygen atoms in total. The second kappa shape index (κ2) is 9.59. The molecule has 34 heavy (non-hydrogen) atoms. The predicted octanol–water partition coefficient (Wildman–Crippen LogP) is 3.83. The molecule has 1 fully saturated rings. The van der Waals surface area contributed by atoms with Gasteiger partial charge in [0, 0.05) is 44.6 Å². The van der Waals surface area contributed by atoms with Gasteiger partial charge in [-0.05, 0) is 24.3 Å². The zero-order chi connectivity index (χ0) is 24.3. The lowest BCUT2D eigenvalue weighted by Crippen LogP contribution is -2.50. The Morgan fingerprint density at radius 2 is 1.62 bits per heavy atom. The smallest absolute Gasteiger partial charge is 0.416 e. The first-order chi connectivity index (χ1) is 16.1. The summed E-state index contributed by atoms with van der Waals surface area (Å²) >= 11 is 0. The lowest BCUT2D eigenvalue weighted by atomic mass is 10.2. The van der Waals surface area contributed by atoms with Crippen LogP contribution >= 0.6 is 0 Å². The number of amides is 1. The zero-order valence-electron chi connectivity index (χ0n) is 18.0. The van der Waals surface area contributed by atoms with Crippen molar-refractivity contribution in [3.63, 3.8) is 0 Å². The number of hydrogen-bond acceptors (Lipinski definition) is 5. The molecule has 1 amide bonds. The fourth-order valence-corrected chi connectivity index (χ4v) is 5.10. The summed E-state index contributed by atoms with van der Waals surface area (Å²) in [5, 5.41) is 0. The molecule has 1 aromatic heterocycles. The summed E-state index contributed by atoms with van der Waals surface area (Å²) in [4.78, 5) is 18.2. The normalized spacial score (nSPS) is 15.4. The van der Waals surface area contributed by atoms with Crippen LogP contribution < -0.4 is 0 Å². The third kappa shape index (κ3) is 5.31. The summed E-state index contributed by atoms with van der Waals surface area (Å²) in [6, 6.07) is 12.9. The Hall–Kier alpha value is -3.18. The Balaban J connectivity index is 1.30. The van der Waals surface area contributed by atoms with E-state index in [0.717, 1.165) is 29.8 Å². The van der Waals surface area contributed by atoms with Crippen molar-refractivity contribution < 1.29 is 30.8 Å². The second-order valence-corrected chi connectivity index (χ2v) is 9.73. The summed E-state index contributed by atoms with van der Waals surface area (Å²) < 4.78 is 70.6. The van der Waals surface area contributed by atoms with Crippen molar-refractivity contribution in [2.45, 2.75) is 23.9 Å². The molecule has 0 spiro atoms. The van der Waals surface area contributed by atoms with Crippen molar-refractivity contribution in [3.05, 3.63) is 72.2 Å². The maximum atomic E-state index is 12.8. The first-order valence-electron chi connectivity index (χ1n) is 10.6. The summed E-state index contributed by atoms with van der Waals surface area (Å²) in [5.41, 5.74) is -0.0262. The van der Waals surface area contributed by atoms with Crippen LogP contribution in [0.1, 0.15) is 17.9 Å². The molecule has 4 rings (SSSR count). The van der Waals surface area contributed by atoms with Crippen molar-refractivity contribution in [2.24, 2.45) is 0 Å². The minimum absolute atomic E-state index is 0.0618. The van der Waals surface area contributed by atoms with E-state index in [1.165, 1.54) is 4.31 Å². The number of carbonyl (C=O) groups excluding carboxylic acids is 1. The number of alkyl halides is 3. The van der Waals surface area contributed by atoms with Crippen LogP contribution in [-0.4, -0.2) is 54.7 Å². The van der Waals surface area contributed by atoms with E-state index in [2.05, 4.69) is 4.98 Å². The zero-order valence-corrected chi connectivity index (χ0v) is 18.8. The molecular weight excluding hydrogens is 471 g/mol. The second-order valence-electron chi connectivity index (χ2n) is 7.79. The Labute approximate surface area is 194 Å². The molecule has 0 N–H and O–H groups in total. The molecule has 0 aliphatic carbocycles. The highest BCUT2D eigenvalue weighted by Gasteiger charge is 2.33. The molecule has 2 heterocycles. The molecule has 2 aromatic carbocycles. The van der Waals surface area contributed by atoms with E-state index in [1.54, 1.807) is 11.1 Å². The number of benzene rings is 2. The van der Waals surface area contributed by atoms with Crippen LogP contribution in [-0.2, 0) is 27.4 Å². The van der Waals surface area contributed by atoms with Gasteiger partial charge in [-0.3, -0.25) is 4.79 Å². The van der Waals surface area contributed by atoms with Gasteiger partial charge in [-0.1, -0.05) is 30.3 Å². The Kier molecular flexibility index (Phi) is 6.76. The number of hydrogen-bond donors (Lipinski definition) is 0. The lowest BCUT2D eigenvalue weighted by molar-refractivity contribution is -0.137. The average molecular weight is 494 g/mol. The minimum atomic E-state index is -4.54. The average Bonchev–Trinajstić information content (AvgIpc) is 3.32. The van der Waals surface area contributed by atoms with E-state index in [0.29, 0.717) is 18.1 Å². The largest absolute Gasteiger partial charge is 0.441 e. The van der Waals surface area contributed by atoms with Crippen molar-refractivity contribution in [1.82, 2.24) is 14.2 Å². The number of piperazine rings is 1.